The summed E-state index contributed by atoms with van der Waals surface area (Å²) in [4.78, 5) is 14.6. The molecule has 156 valence electrons. The van der Waals surface area contributed by atoms with Gasteiger partial charge >= 0.3 is 0 Å². The van der Waals surface area contributed by atoms with E-state index in [1.807, 2.05) is 30.3 Å². The third kappa shape index (κ3) is 7.17. The summed E-state index contributed by atoms with van der Waals surface area (Å²) in [7, 11) is 0. The van der Waals surface area contributed by atoms with Crippen LogP contribution < -0.4 is 10.1 Å². The fourth-order valence-corrected chi connectivity index (χ4v) is 3.75. The van der Waals surface area contributed by atoms with Gasteiger partial charge in [0, 0.05) is 19.0 Å². The van der Waals surface area contributed by atoms with Crippen LogP contribution in [0.4, 0.5) is 4.39 Å². The van der Waals surface area contributed by atoms with Crippen molar-refractivity contribution in [2.45, 2.75) is 45.2 Å². The van der Waals surface area contributed by atoms with Gasteiger partial charge in [-0.05, 0) is 75.0 Å². The van der Waals surface area contributed by atoms with Crippen molar-refractivity contribution >= 4 is 5.91 Å². The molecule has 4 nitrogen and oxygen atoms in total. The van der Waals surface area contributed by atoms with E-state index in [1.54, 1.807) is 12.1 Å². The van der Waals surface area contributed by atoms with E-state index < -0.39 is 0 Å². The van der Waals surface area contributed by atoms with Crippen molar-refractivity contribution in [2.75, 3.05) is 19.7 Å². The van der Waals surface area contributed by atoms with Crippen LogP contribution in [-0.2, 0) is 11.3 Å². The first-order valence-electron chi connectivity index (χ1n) is 10.5. The number of likely N-dealkylation sites (tertiary alicyclic amines) is 1. The molecule has 1 aliphatic rings. The second-order valence-corrected chi connectivity index (χ2v) is 7.89. The smallest absolute Gasteiger partial charge is 0.220 e. The standard InChI is InChI=1S/C24H31FN2O2/c1-19(18-29-23-5-3-2-4-6-23)27-15-13-20(14-16-27)9-12-24(28)26-17-21-7-10-22(25)11-8-21/h2-8,10-11,19-20H,9,12-18H2,1H3,(H,26,28)/t19-/m0/s1. The van der Waals surface area contributed by atoms with Gasteiger partial charge in [-0.25, -0.2) is 4.39 Å². The molecule has 0 bridgehead atoms. The lowest BCUT2D eigenvalue weighted by molar-refractivity contribution is -0.121. The van der Waals surface area contributed by atoms with Gasteiger partial charge in [-0.3, -0.25) is 9.69 Å². The Kier molecular flexibility index (Phi) is 8.05. The molecule has 0 aromatic heterocycles. The van der Waals surface area contributed by atoms with Crippen LogP contribution in [0.25, 0.3) is 0 Å². The molecule has 5 heteroatoms. The highest BCUT2D eigenvalue weighted by Gasteiger charge is 2.23. The van der Waals surface area contributed by atoms with Crippen LogP contribution in [0.15, 0.2) is 54.6 Å². The molecule has 0 saturated carbocycles. The molecular weight excluding hydrogens is 367 g/mol. The number of benzene rings is 2. The molecule has 2 aromatic rings. The van der Waals surface area contributed by atoms with Gasteiger partial charge in [0.1, 0.15) is 18.2 Å². The van der Waals surface area contributed by atoms with Crippen LogP contribution in [-0.4, -0.2) is 36.5 Å². The van der Waals surface area contributed by atoms with Crippen LogP contribution in [0.5, 0.6) is 5.75 Å². The molecule has 0 aliphatic carbocycles. The lowest BCUT2D eigenvalue weighted by Gasteiger charge is -2.35. The number of halogens is 1. The van der Waals surface area contributed by atoms with E-state index >= 15 is 0 Å². The summed E-state index contributed by atoms with van der Waals surface area (Å²) in [6.45, 7) is 5.48. The second kappa shape index (κ2) is 11.0. The molecule has 0 radical (unpaired) electrons. The SMILES string of the molecule is C[C@@H](COc1ccccc1)N1CCC(CCC(=O)NCc2ccc(F)cc2)CC1. The number of carbonyl (C=O) groups excluding carboxylic acids is 1. The quantitative estimate of drug-likeness (QED) is 0.681. The maximum atomic E-state index is 12.9. The minimum absolute atomic E-state index is 0.0707. The zero-order valence-corrected chi connectivity index (χ0v) is 17.1. The van der Waals surface area contributed by atoms with Gasteiger partial charge < -0.3 is 10.1 Å². The number of ether oxygens (including phenoxy) is 1. The number of hydrogen-bond acceptors (Lipinski definition) is 3. The molecule has 0 spiro atoms. The normalized spacial score (nSPS) is 16.3. The van der Waals surface area contributed by atoms with Gasteiger partial charge in [0.2, 0.25) is 5.91 Å². The summed E-state index contributed by atoms with van der Waals surface area (Å²) in [5, 5.41) is 2.93. The van der Waals surface area contributed by atoms with E-state index in [0.29, 0.717) is 31.5 Å². The van der Waals surface area contributed by atoms with Crippen molar-refractivity contribution in [2.24, 2.45) is 5.92 Å². The lowest BCUT2D eigenvalue weighted by Crippen LogP contribution is -2.42. The molecule has 1 N–H and O–H groups in total. The number of carbonyl (C=O) groups is 1. The number of rotatable bonds is 9. The van der Waals surface area contributed by atoms with E-state index in [0.717, 1.165) is 43.7 Å². The first-order chi connectivity index (χ1) is 14.1. The molecule has 1 fully saturated rings. The van der Waals surface area contributed by atoms with E-state index in [-0.39, 0.29) is 11.7 Å². The van der Waals surface area contributed by atoms with Crippen LogP contribution in [0.1, 0.15) is 38.2 Å². The highest BCUT2D eigenvalue weighted by molar-refractivity contribution is 5.75. The topological polar surface area (TPSA) is 41.6 Å². The average Bonchev–Trinajstić information content (AvgIpc) is 2.76. The molecule has 1 heterocycles. The number of para-hydroxylation sites is 1. The molecule has 29 heavy (non-hydrogen) atoms. The highest BCUT2D eigenvalue weighted by Crippen LogP contribution is 2.23. The predicted octanol–water partition coefficient (Wildman–Crippen LogP) is 4.40. The minimum Gasteiger partial charge on any atom is -0.492 e. The van der Waals surface area contributed by atoms with Crippen molar-refractivity contribution in [1.29, 1.82) is 0 Å². The number of nitrogens with zero attached hydrogens (tertiary/aromatic N) is 1. The summed E-state index contributed by atoms with van der Waals surface area (Å²) in [6.07, 6.45) is 3.73. The zero-order valence-electron chi connectivity index (χ0n) is 17.1. The lowest BCUT2D eigenvalue weighted by atomic mass is 9.91. The van der Waals surface area contributed by atoms with Gasteiger partial charge in [-0.15, -0.1) is 0 Å². The van der Waals surface area contributed by atoms with Crippen molar-refractivity contribution in [3.63, 3.8) is 0 Å². The van der Waals surface area contributed by atoms with Crippen LogP contribution in [0.3, 0.4) is 0 Å². The molecule has 1 aliphatic heterocycles. The molecule has 3 rings (SSSR count). The number of nitrogens with one attached hydrogen (secondary N) is 1. The Balaban J connectivity index is 1.30. The Labute approximate surface area is 173 Å². The Hall–Kier alpha value is -2.40. The molecule has 1 amide bonds. The van der Waals surface area contributed by atoms with E-state index in [2.05, 4.69) is 17.1 Å². The number of piperidine rings is 1. The fraction of sp³-hybridized carbons (Fsp3) is 0.458. The second-order valence-electron chi connectivity index (χ2n) is 7.89. The maximum absolute atomic E-state index is 12.9. The third-order valence-electron chi connectivity index (χ3n) is 5.69. The zero-order chi connectivity index (χ0) is 20.5. The monoisotopic (exact) mass is 398 g/mol. The van der Waals surface area contributed by atoms with Crippen molar-refractivity contribution in [3.8, 4) is 5.75 Å². The summed E-state index contributed by atoms with van der Waals surface area (Å²) in [6, 6.07) is 16.6. The summed E-state index contributed by atoms with van der Waals surface area (Å²) in [5.74, 6) is 1.33. The first-order valence-corrected chi connectivity index (χ1v) is 10.5. The molecule has 2 aromatic carbocycles. The fourth-order valence-electron chi connectivity index (χ4n) is 3.75. The van der Waals surface area contributed by atoms with Crippen molar-refractivity contribution < 1.29 is 13.9 Å². The van der Waals surface area contributed by atoms with E-state index in [9.17, 15) is 9.18 Å². The van der Waals surface area contributed by atoms with E-state index in [4.69, 9.17) is 4.74 Å². The third-order valence-corrected chi connectivity index (χ3v) is 5.69. The summed E-state index contributed by atoms with van der Waals surface area (Å²) < 4.78 is 18.8. The largest absolute Gasteiger partial charge is 0.492 e. The van der Waals surface area contributed by atoms with Crippen LogP contribution in [0.2, 0.25) is 0 Å². The van der Waals surface area contributed by atoms with Gasteiger partial charge in [0.15, 0.2) is 0 Å². The van der Waals surface area contributed by atoms with Crippen LogP contribution in [0, 0.1) is 11.7 Å². The number of hydrogen-bond donors (Lipinski definition) is 1. The molecular formula is C24H31FN2O2. The highest BCUT2D eigenvalue weighted by atomic mass is 19.1. The average molecular weight is 399 g/mol. The summed E-state index contributed by atoms with van der Waals surface area (Å²) >= 11 is 0. The van der Waals surface area contributed by atoms with Gasteiger partial charge in [0.05, 0.1) is 0 Å². The van der Waals surface area contributed by atoms with Gasteiger partial charge in [0.25, 0.3) is 0 Å². The van der Waals surface area contributed by atoms with Gasteiger partial charge in [-0.1, -0.05) is 30.3 Å². The molecule has 1 saturated heterocycles. The maximum Gasteiger partial charge on any atom is 0.220 e. The first kappa shape index (κ1) is 21.3. The Morgan fingerprint density at radius 2 is 1.83 bits per heavy atom. The molecule has 0 unspecified atom stereocenters. The van der Waals surface area contributed by atoms with Crippen molar-refractivity contribution in [3.05, 3.63) is 66.0 Å². The van der Waals surface area contributed by atoms with Gasteiger partial charge in [-0.2, -0.15) is 0 Å². The van der Waals surface area contributed by atoms with Crippen LogP contribution >= 0.6 is 0 Å². The number of amides is 1. The Morgan fingerprint density at radius 3 is 2.52 bits per heavy atom. The Morgan fingerprint density at radius 1 is 1.14 bits per heavy atom. The Bertz CT molecular complexity index is 743. The predicted molar refractivity (Wildman–Crippen MR) is 113 cm³/mol. The van der Waals surface area contributed by atoms with Crippen molar-refractivity contribution in [1.82, 2.24) is 10.2 Å². The summed E-state index contributed by atoms with van der Waals surface area (Å²) in [5.41, 5.74) is 0.916. The minimum atomic E-state index is -0.257. The molecule has 1 atom stereocenters. The van der Waals surface area contributed by atoms with E-state index in [1.165, 1.54) is 12.1 Å².